The second-order valence-electron chi connectivity index (χ2n) is 5.73. The molecule has 2 aromatic carbocycles. The lowest BCUT2D eigenvalue weighted by molar-refractivity contribution is -0.150. The molecular weight excluding hydrogens is 376 g/mol. The Balaban J connectivity index is 1.75. The number of benzene rings is 2. The van der Waals surface area contributed by atoms with Crippen molar-refractivity contribution in [3.05, 3.63) is 60.2 Å². The molecular formula is C21H22N2O6. The third-order valence-corrected chi connectivity index (χ3v) is 3.54. The molecule has 0 unspecified atom stereocenters. The Morgan fingerprint density at radius 3 is 2.45 bits per heavy atom. The number of imide groups is 1. The van der Waals surface area contributed by atoms with Crippen LogP contribution >= 0.6 is 0 Å². The predicted octanol–water partition coefficient (Wildman–Crippen LogP) is 3.00. The fourth-order valence-corrected chi connectivity index (χ4v) is 2.27. The third-order valence-electron chi connectivity index (χ3n) is 3.54. The maximum Gasteiger partial charge on any atom is 0.344 e. The average Bonchev–Trinajstić information content (AvgIpc) is 2.72. The maximum absolute atomic E-state index is 11.8. The van der Waals surface area contributed by atoms with Gasteiger partial charge in [0, 0.05) is 5.69 Å². The summed E-state index contributed by atoms with van der Waals surface area (Å²) in [4.78, 5) is 35.2. The molecule has 0 aliphatic rings. The van der Waals surface area contributed by atoms with E-state index in [9.17, 15) is 14.4 Å². The average molecular weight is 398 g/mol. The van der Waals surface area contributed by atoms with E-state index in [0.717, 1.165) is 5.56 Å². The van der Waals surface area contributed by atoms with E-state index in [1.807, 2.05) is 25.1 Å². The predicted molar refractivity (Wildman–Crippen MR) is 108 cm³/mol. The Hall–Kier alpha value is -3.81. The Kier molecular flexibility index (Phi) is 8.25. The van der Waals surface area contributed by atoms with E-state index in [1.54, 1.807) is 42.5 Å². The van der Waals surface area contributed by atoms with Gasteiger partial charge < -0.3 is 19.5 Å². The van der Waals surface area contributed by atoms with E-state index in [1.165, 1.54) is 7.11 Å². The summed E-state index contributed by atoms with van der Waals surface area (Å²) in [6, 6.07) is 13.1. The van der Waals surface area contributed by atoms with Crippen LogP contribution in [0.1, 0.15) is 12.5 Å². The minimum absolute atomic E-state index is 0.365. The fraction of sp³-hybridized carbons (Fsp3) is 0.190. The summed E-state index contributed by atoms with van der Waals surface area (Å²) in [6.45, 7) is 0.874. The quantitative estimate of drug-likeness (QED) is 0.663. The molecule has 152 valence electrons. The van der Waals surface area contributed by atoms with E-state index in [4.69, 9.17) is 14.2 Å². The lowest BCUT2D eigenvalue weighted by atomic mass is 10.2. The first-order chi connectivity index (χ1) is 14.0. The van der Waals surface area contributed by atoms with Crippen LogP contribution in [0.3, 0.4) is 0 Å². The highest BCUT2D eigenvalue weighted by Gasteiger charge is 2.13. The van der Waals surface area contributed by atoms with Gasteiger partial charge in [0.05, 0.1) is 7.11 Å². The monoisotopic (exact) mass is 398 g/mol. The van der Waals surface area contributed by atoms with Gasteiger partial charge in [0.25, 0.3) is 5.91 Å². The van der Waals surface area contributed by atoms with Gasteiger partial charge in [-0.2, -0.15) is 0 Å². The van der Waals surface area contributed by atoms with Gasteiger partial charge in [0.1, 0.15) is 0 Å². The molecule has 0 aliphatic carbocycles. The molecule has 0 radical (unpaired) electrons. The molecule has 8 heteroatoms. The van der Waals surface area contributed by atoms with Gasteiger partial charge >= 0.3 is 12.0 Å². The highest BCUT2D eigenvalue weighted by molar-refractivity contribution is 6.01. The van der Waals surface area contributed by atoms with Gasteiger partial charge in [0.15, 0.2) is 24.7 Å². The summed E-state index contributed by atoms with van der Waals surface area (Å²) in [5.41, 5.74) is 1.45. The van der Waals surface area contributed by atoms with Crippen molar-refractivity contribution in [1.82, 2.24) is 5.32 Å². The van der Waals surface area contributed by atoms with Gasteiger partial charge in [-0.25, -0.2) is 9.59 Å². The van der Waals surface area contributed by atoms with E-state index in [2.05, 4.69) is 10.6 Å². The number of para-hydroxylation sites is 1. The van der Waals surface area contributed by atoms with E-state index < -0.39 is 31.1 Å². The number of amides is 3. The van der Waals surface area contributed by atoms with Crippen LogP contribution in [0.25, 0.3) is 6.08 Å². The number of allylic oxidation sites excluding steroid dienone is 1. The highest BCUT2D eigenvalue weighted by Crippen LogP contribution is 2.28. The fourth-order valence-electron chi connectivity index (χ4n) is 2.27. The first-order valence-electron chi connectivity index (χ1n) is 8.77. The standard InChI is InChI=1S/C21H22N2O6/c1-3-7-15-10-11-17(18(12-15)27-2)28-14-20(25)29-13-19(24)23-21(26)22-16-8-5-4-6-9-16/h3-12H,13-14H2,1-2H3,(H2,22,23,24,26)/b7-3+. The SMILES string of the molecule is C/C=C/c1ccc(OCC(=O)OCC(=O)NC(=O)Nc2ccccc2)c(OC)c1. The van der Waals surface area contributed by atoms with Crippen LogP contribution in [0.2, 0.25) is 0 Å². The summed E-state index contributed by atoms with van der Waals surface area (Å²) in [7, 11) is 1.49. The summed E-state index contributed by atoms with van der Waals surface area (Å²) < 4.78 is 15.4. The summed E-state index contributed by atoms with van der Waals surface area (Å²) in [5, 5.41) is 4.54. The van der Waals surface area contributed by atoms with Crippen molar-refractivity contribution in [2.45, 2.75) is 6.92 Å². The third kappa shape index (κ3) is 7.37. The molecule has 2 rings (SSSR count). The molecule has 0 fully saturated rings. The van der Waals surface area contributed by atoms with Gasteiger partial charge in [-0.1, -0.05) is 36.4 Å². The molecule has 2 N–H and O–H groups in total. The molecule has 0 saturated carbocycles. The number of nitrogens with one attached hydrogen (secondary N) is 2. The number of carbonyl (C=O) groups excluding carboxylic acids is 3. The number of esters is 1. The molecule has 3 amide bonds. The minimum atomic E-state index is -0.764. The molecule has 0 aliphatic heterocycles. The number of hydrogen-bond acceptors (Lipinski definition) is 6. The van der Waals surface area contributed by atoms with Crippen LogP contribution < -0.4 is 20.1 Å². The number of hydrogen-bond donors (Lipinski definition) is 2. The Bertz CT molecular complexity index is 880. The Labute approximate surface area is 168 Å². The van der Waals surface area contributed by atoms with Crippen molar-refractivity contribution in [2.24, 2.45) is 0 Å². The van der Waals surface area contributed by atoms with E-state index >= 15 is 0 Å². The summed E-state index contributed by atoms with van der Waals surface area (Å²) in [6.07, 6.45) is 3.78. The first kappa shape index (κ1) is 21.5. The van der Waals surface area contributed by atoms with Crippen molar-refractivity contribution in [3.63, 3.8) is 0 Å². The summed E-state index contributed by atoms with van der Waals surface area (Å²) in [5.74, 6) is -0.698. The molecule has 29 heavy (non-hydrogen) atoms. The first-order valence-corrected chi connectivity index (χ1v) is 8.77. The normalized spacial score (nSPS) is 10.3. The van der Waals surface area contributed by atoms with Crippen LogP contribution in [-0.4, -0.2) is 38.2 Å². The molecule has 2 aromatic rings. The van der Waals surface area contributed by atoms with E-state index in [-0.39, 0.29) is 0 Å². The maximum atomic E-state index is 11.8. The van der Waals surface area contributed by atoms with Crippen molar-refractivity contribution in [3.8, 4) is 11.5 Å². The van der Waals surface area contributed by atoms with Crippen LogP contribution in [0.15, 0.2) is 54.6 Å². The van der Waals surface area contributed by atoms with Crippen LogP contribution in [-0.2, 0) is 14.3 Å². The molecule has 0 heterocycles. The number of methoxy groups -OCH3 is 1. The number of urea groups is 1. The molecule has 0 spiro atoms. The van der Waals surface area contributed by atoms with Crippen molar-refractivity contribution in [1.29, 1.82) is 0 Å². The van der Waals surface area contributed by atoms with Gasteiger partial charge in [-0.3, -0.25) is 10.1 Å². The largest absolute Gasteiger partial charge is 0.493 e. The van der Waals surface area contributed by atoms with Gasteiger partial charge in [-0.05, 0) is 36.8 Å². The van der Waals surface area contributed by atoms with Gasteiger partial charge in [0.2, 0.25) is 0 Å². The van der Waals surface area contributed by atoms with Gasteiger partial charge in [-0.15, -0.1) is 0 Å². The zero-order chi connectivity index (χ0) is 21.1. The van der Waals surface area contributed by atoms with Crippen LogP contribution in [0, 0.1) is 0 Å². The Morgan fingerprint density at radius 2 is 1.76 bits per heavy atom. The number of anilines is 1. The van der Waals surface area contributed by atoms with Crippen LogP contribution in [0.4, 0.5) is 10.5 Å². The second kappa shape index (κ2) is 11.1. The minimum Gasteiger partial charge on any atom is -0.493 e. The molecule has 0 saturated heterocycles. The zero-order valence-corrected chi connectivity index (χ0v) is 16.1. The van der Waals surface area contributed by atoms with Crippen LogP contribution in [0.5, 0.6) is 11.5 Å². The zero-order valence-electron chi connectivity index (χ0n) is 16.1. The van der Waals surface area contributed by atoms with Crippen molar-refractivity contribution < 1.29 is 28.6 Å². The smallest absolute Gasteiger partial charge is 0.344 e. The van der Waals surface area contributed by atoms with Crippen molar-refractivity contribution in [2.75, 3.05) is 25.6 Å². The molecule has 0 aromatic heterocycles. The highest BCUT2D eigenvalue weighted by atomic mass is 16.6. The van der Waals surface area contributed by atoms with Crippen molar-refractivity contribution >= 4 is 29.7 Å². The lowest BCUT2D eigenvalue weighted by Crippen LogP contribution is -2.37. The molecule has 0 bridgehead atoms. The van der Waals surface area contributed by atoms with E-state index in [0.29, 0.717) is 17.2 Å². The number of ether oxygens (including phenoxy) is 3. The summed E-state index contributed by atoms with van der Waals surface area (Å²) >= 11 is 0. The Morgan fingerprint density at radius 1 is 1.00 bits per heavy atom. The topological polar surface area (TPSA) is 103 Å². The second-order valence-corrected chi connectivity index (χ2v) is 5.73. The number of carbonyl (C=O) groups is 3. The molecule has 8 nitrogen and oxygen atoms in total. The molecule has 0 atom stereocenters. The lowest BCUT2D eigenvalue weighted by Gasteiger charge is -2.11. The number of rotatable bonds is 8.